The molecule has 0 saturated carbocycles. The zero-order valence-electron chi connectivity index (χ0n) is 16.0. The third kappa shape index (κ3) is 4.86. The molecule has 1 saturated heterocycles. The Hall–Kier alpha value is -1.79. The summed E-state index contributed by atoms with van der Waals surface area (Å²) in [6.07, 6.45) is 1.90. The van der Waals surface area contributed by atoms with Crippen LogP contribution in [0, 0.1) is 0 Å². The van der Waals surface area contributed by atoms with E-state index in [4.69, 9.17) is 9.47 Å². The highest BCUT2D eigenvalue weighted by Crippen LogP contribution is 2.31. The van der Waals surface area contributed by atoms with Gasteiger partial charge in [-0.1, -0.05) is 0 Å². The highest BCUT2D eigenvalue weighted by molar-refractivity contribution is 7.98. The van der Waals surface area contributed by atoms with E-state index < -0.39 is 20.0 Å². The van der Waals surface area contributed by atoms with Crippen molar-refractivity contribution in [2.45, 2.75) is 14.7 Å². The summed E-state index contributed by atoms with van der Waals surface area (Å²) < 4.78 is 65.5. The number of nitrogens with zero attached hydrogens (tertiary/aromatic N) is 1. The number of rotatable bonds is 7. The first-order chi connectivity index (χ1) is 13.8. The quantitative estimate of drug-likeness (QED) is 0.635. The average molecular weight is 459 g/mol. The maximum Gasteiger partial charge on any atom is 0.262 e. The van der Waals surface area contributed by atoms with Gasteiger partial charge in [0.25, 0.3) is 10.0 Å². The lowest BCUT2D eigenvalue weighted by Gasteiger charge is -2.26. The van der Waals surface area contributed by atoms with Crippen LogP contribution >= 0.6 is 11.8 Å². The van der Waals surface area contributed by atoms with Gasteiger partial charge in [0.2, 0.25) is 10.0 Å². The Morgan fingerprint density at radius 1 is 1.00 bits per heavy atom. The van der Waals surface area contributed by atoms with Gasteiger partial charge in [0.1, 0.15) is 5.75 Å². The van der Waals surface area contributed by atoms with Crippen LogP contribution in [0.5, 0.6) is 5.75 Å². The first-order valence-electron chi connectivity index (χ1n) is 8.71. The van der Waals surface area contributed by atoms with Crippen LogP contribution in [-0.4, -0.2) is 60.8 Å². The fourth-order valence-electron chi connectivity index (χ4n) is 2.82. The lowest BCUT2D eigenvalue weighted by molar-refractivity contribution is 0.0730. The fourth-order valence-corrected chi connectivity index (χ4v) is 5.73. The van der Waals surface area contributed by atoms with Crippen LogP contribution in [0.1, 0.15) is 0 Å². The molecule has 2 aromatic carbocycles. The standard InChI is InChI=1S/C18H22N2O6S3/c1-25-18-8-7-16(29(23,24)20-9-11-26-12-10-20)13-17(18)19-28(21,22)15-5-3-14(27-2)4-6-15/h3-8,13,19H,9-12H2,1-2H3. The second-order valence-electron chi connectivity index (χ2n) is 6.16. The second-order valence-corrected chi connectivity index (χ2v) is 10.7. The lowest BCUT2D eigenvalue weighted by atomic mass is 10.3. The number of hydrogen-bond acceptors (Lipinski definition) is 7. The molecular weight excluding hydrogens is 436 g/mol. The predicted octanol–water partition coefficient (Wildman–Crippen LogP) is 2.24. The summed E-state index contributed by atoms with van der Waals surface area (Å²) >= 11 is 1.50. The highest BCUT2D eigenvalue weighted by Gasteiger charge is 2.28. The molecule has 11 heteroatoms. The number of benzene rings is 2. The Bertz CT molecular complexity index is 1060. The molecule has 1 heterocycles. The molecule has 29 heavy (non-hydrogen) atoms. The summed E-state index contributed by atoms with van der Waals surface area (Å²) in [5.74, 6) is 0.218. The molecule has 0 spiro atoms. The van der Waals surface area contributed by atoms with Crippen LogP contribution in [0.2, 0.25) is 0 Å². The number of methoxy groups -OCH3 is 1. The first-order valence-corrected chi connectivity index (χ1v) is 12.9. The van der Waals surface area contributed by atoms with Crippen molar-refractivity contribution in [3.8, 4) is 5.75 Å². The Kier molecular flexibility index (Phi) is 6.74. The minimum absolute atomic E-state index is 0.0179. The maximum atomic E-state index is 12.9. The number of nitrogens with one attached hydrogen (secondary N) is 1. The molecule has 0 aromatic heterocycles. The molecule has 0 unspecified atom stereocenters. The van der Waals surface area contributed by atoms with Gasteiger partial charge in [0.15, 0.2) is 0 Å². The minimum Gasteiger partial charge on any atom is -0.495 e. The zero-order chi connectivity index (χ0) is 21.1. The molecule has 0 bridgehead atoms. The van der Waals surface area contributed by atoms with Crippen molar-refractivity contribution in [2.75, 3.05) is 44.4 Å². The molecule has 3 rings (SSSR count). The summed E-state index contributed by atoms with van der Waals surface area (Å²) in [6.45, 7) is 1.14. The van der Waals surface area contributed by atoms with Gasteiger partial charge in [-0.15, -0.1) is 11.8 Å². The van der Waals surface area contributed by atoms with E-state index >= 15 is 0 Å². The first kappa shape index (κ1) is 21.9. The largest absolute Gasteiger partial charge is 0.495 e. The van der Waals surface area contributed by atoms with Crippen LogP contribution < -0.4 is 9.46 Å². The molecular formula is C18H22N2O6S3. The van der Waals surface area contributed by atoms with Gasteiger partial charge < -0.3 is 9.47 Å². The Labute approximate surface area is 175 Å². The topological polar surface area (TPSA) is 102 Å². The van der Waals surface area contributed by atoms with Crippen LogP contribution in [0.15, 0.2) is 57.2 Å². The number of thioether (sulfide) groups is 1. The van der Waals surface area contributed by atoms with Gasteiger partial charge in [-0.3, -0.25) is 4.72 Å². The lowest BCUT2D eigenvalue weighted by Crippen LogP contribution is -2.40. The van der Waals surface area contributed by atoms with Gasteiger partial charge in [0.05, 0.1) is 35.8 Å². The van der Waals surface area contributed by atoms with E-state index in [2.05, 4.69) is 4.72 Å². The maximum absolute atomic E-state index is 12.9. The Morgan fingerprint density at radius 2 is 1.62 bits per heavy atom. The summed E-state index contributed by atoms with van der Waals surface area (Å²) in [5, 5.41) is 0. The molecule has 0 radical (unpaired) electrons. The summed E-state index contributed by atoms with van der Waals surface area (Å²) in [4.78, 5) is 0.981. The van der Waals surface area contributed by atoms with Crippen molar-refractivity contribution >= 4 is 37.5 Å². The van der Waals surface area contributed by atoms with E-state index in [9.17, 15) is 16.8 Å². The van der Waals surface area contributed by atoms with Crippen LogP contribution in [0.4, 0.5) is 5.69 Å². The van der Waals surface area contributed by atoms with Gasteiger partial charge in [-0.25, -0.2) is 16.8 Å². The molecule has 8 nitrogen and oxygen atoms in total. The third-order valence-corrected chi connectivity index (χ3v) is 8.41. The van der Waals surface area contributed by atoms with Crippen LogP contribution in [0.3, 0.4) is 0 Å². The van der Waals surface area contributed by atoms with Crippen molar-refractivity contribution in [1.29, 1.82) is 0 Å². The molecule has 1 fully saturated rings. The molecule has 0 amide bonds. The van der Waals surface area contributed by atoms with E-state index in [1.54, 1.807) is 12.1 Å². The predicted molar refractivity (Wildman–Crippen MR) is 112 cm³/mol. The summed E-state index contributed by atoms with van der Waals surface area (Å²) in [5.41, 5.74) is 0.0516. The number of morpholine rings is 1. The van der Waals surface area contributed by atoms with E-state index in [-0.39, 0.29) is 34.3 Å². The van der Waals surface area contributed by atoms with Crippen molar-refractivity contribution in [1.82, 2.24) is 4.31 Å². The van der Waals surface area contributed by atoms with E-state index in [0.29, 0.717) is 13.2 Å². The van der Waals surface area contributed by atoms with Gasteiger partial charge in [-0.05, 0) is 48.7 Å². The van der Waals surface area contributed by atoms with Crippen molar-refractivity contribution in [3.05, 3.63) is 42.5 Å². The van der Waals surface area contributed by atoms with Crippen molar-refractivity contribution in [3.63, 3.8) is 0 Å². The molecule has 1 N–H and O–H groups in total. The molecule has 158 valence electrons. The van der Waals surface area contributed by atoms with Gasteiger partial charge in [-0.2, -0.15) is 4.31 Å². The van der Waals surface area contributed by atoms with Crippen molar-refractivity contribution in [2.24, 2.45) is 0 Å². The molecule has 0 aliphatic carbocycles. The summed E-state index contributed by atoms with van der Waals surface area (Å²) in [6, 6.07) is 10.5. The number of anilines is 1. The molecule has 2 aromatic rings. The number of sulfonamides is 2. The number of hydrogen-bond donors (Lipinski definition) is 1. The minimum atomic E-state index is -3.93. The van der Waals surface area contributed by atoms with Gasteiger partial charge >= 0.3 is 0 Å². The van der Waals surface area contributed by atoms with Crippen molar-refractivity contribution < 1.29 is 26.3 Å². The molecule has 1 aliphatic rings. The third-order valence-electron chi connectivity index (χ3n) is 4.39. The average Bonchev–Trinajstić information content (AvgIpc) is 2.74. The smallest absolute Gasteiger partial charge is 0.262 e. The second kappa shape index (κ2) is 8.92. The monoisotopic (exact) mass is 458 g/mol. The SMILES string of the molecule is COc1ccc(S(=O)(=O)N2CCOCC2)cc1NS(=O)(=O)c1ccc(SC)cc1. The van der Waals surface area contributed by atoms with E-state index in [1.165, 1.54) is 53.5 Å². The van der Waals surface area contributed by atoms with Crippen LogP contribution in [0.25, 0.3) is 0 Å². The summed E-state index contributed by atoms with van der Waals surface area (Å²) in [7, 11) is -6.32. The molecule has 0 atom stereocenters. The normalized spacial score (nSPS) is 15.8. The Morgan fingerprint density at radius 3 is 2.21 bits per heavy atom. The zero-order valence-corrected chi connectivity index (χ0v) is 18.4. The van der Waals surface area contributed by atoms with Crippen LogP contribution in [-0.2, 0) is 24.8 Å². The van der Waals surface area contributed by atoms with E-state index in [1.807, 2.05) is 6.26 Å². The highest BCUT2D eigenvalue weighted by atomic mass is 32.2. The number of ether oxygens (including phenoxy) is 2. The Balaban J connectivity index is 1.94. The fraction of sp³-hybridized carbons (Fsp3) is 0.333. The molecule has 1 aliphatic heterocycles. The van der Waals surface area contributed by atoms with Gasteiger partial charge in [0, 0.05) is 18.0 Å². The van der Waals surface area contributed by atoms with E-state index in [0.717, 1.165) is 4.90 Å².